The summed E-state index contributed by atoms with van der Waals surface area (Å²) < 4.78 is 6.24. The van der Waals surface area contributed by atoms with E-state index in [2.05, 4.69) is 0 Å². The molecule has 0 unspecified atom stereocenters. The van der Waals surface area contributed by atoms with Crippen molar-refractivity contribution < 1.29 is 14.9 Å². The van der Waals surface area contributed by atoms with E-state index in [0.717, 1.165) is 11.1 Å². The summed E-state index contributed by atoms with van der Waals surface area (Å²) in [5.41, 5.74) is 16.1. The molecule has 0 aliphatic heterocycles. The topological polar surface area (TPSA) is 102 Å². The van der Waals surface area contributed by atoms with Crippen molar-refractivity contribution in [2.75, 3.05) is 11.5 Å². The molecule has 0 spiro atoms. The molecule has 0 amide bonds. The molecule has 0 radical (unpaired) electrons. The molecule has 0 saturated carbocycles. The fourth-order valence-corrected chi connectivity index (χ4v) is 3.20. The zero-order valence-corrected chi connectivity index (χ0v) is 15.5. The van der Waals surface area contributed by atoms with Gasteiger partial charge in [0, 0.05) is 22.5 Å². The van der Waals surface area contributed by atoms with Crippen molar-refractivity contribution in [2.24, 2.45) is 0 Å². The molecule has 4 aromatic rings. The van der Waals surface area contributed by atoms with E-state index in [-0.39, 0.29) is 11.5 Å². The van der Waals surface area contributed by atoms with E-state index in [1.807, 2.05) is 36.4 Å². The molecule has 0 aliphatic carbocycles. The number of ether oxygens (including phenoxy) is 1. The van der Waals surface area contributed by atoms with Gasteiger partial charge in [-0.15, -0.1) is 0 Å². The second kappa shape index (κ2) is 7.48. The van der Waals surface area contributed by atoms with E-state index in [1.54, 1.807) is 48.5 Å². The summed E-state index contributed by atoms with van der Waals surface area (Å²) in [4.78, 5) is 0. The van der Waals surface area contributed by atoms with Gasteiger partial charge in [-0.2, -0.15) is 0 Å². The molecular weight excluding hydrogens is 364 g/mol. The molecule has 29 heavy (non-hydrogen) atoms. The summed E-state index contributed by atoms with van der Waals surface area (Å²) >= 11 is 0. The highest BCUT2D eigenvalue weighted by Crippen LogP contribution is 2.41. The highest BCUT2D eigenvalue weighted by molar-refractivity contribution is 5.78. The van der Waals surface area contributed by atoms with Crippen LogP contribution in [0.2, 0.25) is 0 Å². The van der Waals surface area contributed by atoms with Crippen LogP contribution in [0.1, 0.15) is 0 Å². The normalized spacial score (nSPS) is 10.6. The summed E-state index contributed by atoms with van der Waals surface area (Å²) in [5.74, 6) is 1.33. The van der Waals surface area contributed by atoms with E-state index in [9.17, 15) is 10.2 Å². The smallest absolute Gasteiger partial charge is 0.135 e. The van der Waals surface area contributed by atoms with Crippen molar-refractivity contribution in [3.05, 3.63) is 84.9 Å². The molecule has 0 atom stereocenters. The minimum absolute atomic E-state index is 0.122. The van der Waals surface area contributed by atoms with Crippen molar-refractivity contribution in [3.63, 3.8) is 0 Å². The number of rotatable bonds is 4. The average molecular weight is 384 g/mol. The van der Waals surface area contributed by atoms with Crippen molar-refractivity contribution in [1.82, 2.24) is 0 Å². The number of phenols is 2. The Morgan fingerprint density at radius 2 is 1.00 bits per heavy atom. The standard InChI is InChI=1S/C24H20N2O3/c25-17-5-1-3-15(11-17)21-13-19(27)7-9-23(21)29-24-10-8-20(28)14-22(24)16-4-2-6-18(26)12-16/h1-14,27-28H,25-26H2. The average Bonchev–Trinajstić information content (AvgIpc) is 2.70. The number of nitrogens with two attached hydrogens (primary N) is 2. The Hall–Kier alpha value is -4.12. The first kappa shape index (κ1) is 18.3. The maximum absolute atomic E-state index is 10.00. The zero-order chi connectivity index (χ0) is 20.4. The van der Waals surface area contributed by atoms with Gasteiger partial charge < -0.3 is 26.4 Å². The number of benzene rings is 4. The largest absolute Gasteiger partial charge is 0.508 e. The molecule has 0 aromatic heterocycles. The van der Waals surface area contributed by atoms with Crippen LogP contribution in [-0.2, 0) is 0 Å². The van der Waals surface area contributed by atoms with Crippen LogP contribution in [0.25, 0.3) is 22.3 Å². The number of hydrogen-bond donors (Lipinski definition) is 4. The predicted molar refractivity (Wildman–Crippen MR) is 116 cm³/mol. The molecule has 4 rings (SSSR count). The second-order valence-electron chi connectivity index (χ2n) is 6.71. The highest BCUT2D eigenvalue weighted by Gasteiger charge is 2.14. The number of hydrogen-bond acceptors (Lipinski definition) is 5. The Morgan fingerprint density at radius 1 is 0.552 bits per heavy atom. The quantitative estimate of drug-likeness (QED) is 0.353. The third-order valence-electron chi connectivity index (χ3n) is 4.54. The summed E-state index contributed by atoms with van der Waals surface area (Å²) in [6.45, 7) is 0. The van der Waals surface area contributed by atoms with Crippen LogP contribution in [0.4, 0.5) is 11.4 Å². The fraction of sp³-hybridized carbons (Fsp3) is 0. The van der Waals surface area contributed by atoms with Crippen LogP contribution < -0.4 is 16.2 Å². The number of nitrogen functional groups attached to an aromatic ring is 2. The number of phenolic OH excluding ortho intramolecular Hbond substituents is 2. The molecule has 144 valence electrons. The Morgan fingerprint density at radius 3 is 1.41 bits per heavy atom. The lowest BCUT2D eigenvalue weighted by molar-refractivity contribution is 0.461. The van der Waals surface area contributed by atoms with Gasteiger partial charge in [-0.05, 0) is 71.8 Å². The van der Waals surface area contributed by atoms with Gasteiger partial charge in [0.15, 0.2) is 0 Å². The Balaban J connectivity index is 1.82. The molecular formula is C24H20N2O3. The first-order valence-corrected chi connectivity index (χ1v) is 9.05. The lowest BCUT2D eigenvalue weighted by Crippen LogP contribution is -1.93. The monoisotopic (exact) mass is 384 g/mol. The van der Waals surface area contributed by atoms with Crippen LogP contribution in [0.15, 0.2) is 84.9 Å². The summed E-state index contributed by atoms with van der Waals surface area (Å²) in [6, 6.07) is 24.5. The van der Waals surface area contributed by atoms with Crippen LogP contribution in [-0.4, -0.2) is 10.2 Å². The van der Waals surface area contributed by atoms with Crippen molar-refractivity contribution in [3.8, 4) is 45.3 Å². The molecule has 0 heterocycles. The highest BCUT2D eigenvalue weighted by atomic mass is 16.5. The molecule has 5 nitrogen and oxygen atoms in total. The van der Waals surface area contributed by atoms with Crippen molar-refractivity contribution in [2.45, 2.75) is 0 Å². The van der Waals surface area contributed by atoms with Crippen LogP contribution in [0, 0.1) is 0 Å². The fourth-order valence-electron chi connectivity index (χ4n) is 3.20. The van der Waals surface area contributed by atoms with Crippen LogP contribution >= 0.6 is 0 Å². The summed E-state index contributed by atoms with van der Waals surface area (Å²) in [6.07, 6.45) is 0. The zero-order valence-electron chi connectivity index (χ0n) is 15.5. The minimum atomic E-state index is 0.122. The van der Waals surface area contributed by atoms with Crippen molar-refractivity contribution >= 4 is 11.4 Å². The maximum atomic E-state index is 10.00. The lowest BCUT2D eigenvalue weighted by Gasteiger charge is -2.16. The van der Waals surface area contributed by atoms with E-state index in [1.165, 1.54) is 0 Å². The van der Waals surface area contributed by atoms with Gasteiger partial charge in [0.05, 0.1) is 0 Å². The van der Waals surface area contributed by atoms with Gasteiger partial charge >= 0.3 is 0 Å². The van der Waals surface area contributed by atoms with Gasteiger partial charge in [0.2, 0.25) is 0 Å². The number of aromatic hydroxyl groups is 2. The summed E-state index contributed by atoms with van der Waals surface area (Å²) in [5, 5.41) is 20.0. The van der Waals surface area contributed by atoms with Gasteiger partial charge in [0.25, 0.3) is 0 Å². The SMILES string of the molecule is Nc1cccc(-c2cc(O)ccc2Oc2ccc(O)cc2-c2cccc(N)c2)c1. The molecule has 4 aromatic carbocycles. The molecule has 0 aliphatic rings. The molecule has 0 bridgehead atoms. The van der Waals surface area contributed by atoms with Crippen LogP contribution in [0.5, 0.6) is 23.0 Å². The lowest BCUT2D eigenvalue weighted by atomic mass is 10.0. The van der Waals surface area contributed by atoms with Gasteiger partial charge in [-0.25, -0.2) is 0 Å². The summed E-state index contributed by atoms with van der Waals surface area (Å²) in [7, 11) is 0. The Labute approximate surface area is 168 Å². The van der Waals surface area contributed by atoms with Crippen LogP contribution in [0.3, 0.4) is 0 Å². The Kier molecular flexibility index (Phi) is 4.71. The van der Waals surface area contributed by atoms with E-state index < -0.39 is 0 Å². The van der Waals surface area contributed by atoms with E-state index in [0.29, 0.717) is 34.0 Å². The molecule has 0 saturated heterocycles. The molecule has 0 fully saturated rings. The third kappa shape index (κ3) is 3.94. The third-order valence-corrected chi connectivity index (χ3v) is 4.54. The molecule has 5 heteroatoms. The first-order valence-electron chi connectivity index (χ1n) is 9.05. The maximum Gasteiger partial charge on any atom is 0.135 e. The second-order valence-corrected chi connectivity index (χ2v) is 6.71. The van der Waals surface area contributed by atoms with Gasteiger partial charge in [-0.3, -0.25) is 0 Å². The van der Waals surface area contributed by atoms with E-state index in [4.69, 9.17) is 16.2 Å². The first-order chi connectivity index (χ1) is 14.0. The van der Waals surface area contributed by atoms with Crippen molar-refractivity contribution in [1.29, 1.82) is 0 Å². The number of anilines is 2. The Bertz CT molecular complexity index is 1100. The van der Waals surface area contributed by atoms with Gasteiger partial charge in [0.1, 0.15) is 23.0 Å². The minimum Gasteiger partial charge on any atom is -0.508 e. The van der Waals surface area contributed by atoms with E-state index >= 15 is 0 Å². The predicted octanol–water partition coefficient (Wildman–Crippen LogP) is 5.39. The molecule has 6 N–H and O–H groups in total. The van der Waals surface area contributed by atoms with Gasteiger partial charge in [-0.1, -0.05) is 24.3 Å².